The largest absolute Gasteiger partial charge is 0.207 e. The predicted octanol–water partition coefficient (Wildman–Crippen LogP) is 2.22. The number of rotatable bonds is 2. The standard InChI is InChI=1S/C14H15N5/c1-14(2,3)10-7-11-15-19-13(16-17-18-19)12-8-5-4-6-9-12/h4-6,8-9,11H,1-3H3. The van der Waals surface area contributed by atoms with Crippen LogP contribution >= 0.6 is 0 Å². The SMILES string of the molecule is CC(C)(C)C#CC=Nn1nnnc1-c1ccccc1. The minimum atomic E-state index is -0.0467. The minimum absolute atomic E-state index is 0.0467. The average Bonchev–Trinajstić information content (AvgIpc) is 2.83. The van der Waals surface area contributed by atoms with E-state index in [-0.39, 0.29) is 5.41 Å². The van der Waals surface area contributed by atoms with Crippen LogP contribution in [0.15, 0.2) is 35.4 Å². The van der Waals surface area contributed by atoms with E-state index in [1.807, 2.05) is 51.1 Å². The molecule has 0 aliphatic rings. The van der Waals surface area contributed by atoms with Crippen molar-refractivity contribution in [3.63, 3.8) is 0 Å². The highest BCUT2D eigenvalue weighted by Crippen LogP contribution is 2.14. The number of tetrazole rings is 1. The maximum Gasteiger partial charge on any atom is 0.207 e. The number of benzene rings is 1. The highest BCUT2D eigenvalue weighted by atomic mass is 15.7. The molecule has 1 heterocycles. The molecule has 0 radical (unpaired) electrons. The summed E-state index contributed by atoms with van der Waals surface area (Å²) in [5.41, 5.74) is 0.864. The lowest BCUT2D eigenvalue weighted by Gasteiger charge is -2.05. The van der Waals surface area contributed by atoms with Crippen molar-refractivity contribution in [1.29, 1.82) is 0 Å². The molecule has 0 unspecified atom stereocenters. The summed E-state index contributed by atoms with van der Waals surface area (Å²) in [4.78, 5) is 1.37. The number of aromatic nitrogens is 4. The van der Waals surface area contributed by atoms with Gasteiger partial charge in [-0.3, -0.25) is 0 Å². The van der Waals surface area contributed by atoms with Crippen LogP contribution in [0.4, 0.5) is 0 Å². The molecule has 0 saturated carbocycles. The summed E-state index contributed by atoms with van der Waals surface area (Å²) < 4.78 is 0. The van der Waals surface area contributed by atoms with Gasteiger partial charge in [0.2, 0.25) is 5.82 Å². The van der Waals surface area contributed by atoms with E-state index in [4.69, 9.17) is 0 Å². The zero-order valence-electron chi connectivity index (χ0n) is 11.2. The number of hydrogen-bond donors (Lipinski definition) is 0. The minimum Gasteiger partial charge on any atom is -0.146 e. The molecule has 0 fully saturated rings. The fourth-order valence-electron chi connectivity index (χ4n) is 1.35. The van der Waals surface area contributed by atoms with Gasteiger partial charge in [-0.25, -0.2) is 0 Å². The van der Waals surface area contributed by atoms with E-state index in [2.05, 4.69) is 32.5 Å². The van der Waals surface area contributed by atoms with Crippen LogP contribution < -0.4 is 0 Å². The summed E-state index contributed by atoms with van der Waals surface area (Å²) in [6.07, 6.45) is 1.51. The molecule has 96 valence electrons. The van der Waals surface area contributed by atoms with E-state index in [9.17, 15) is 0 Å². The predicted molar refractivity (Wildman–Crippen MR) is 74.4 cm³/mol. The van der Waals surface area contributed by atoms with Crippen LogP contribution in [0.3, 0.4) is 0 Å². The van der Waals surface area contributed by atoms with Gasteiger partial charge < -0.3 is 0 Å². The van der Waals surface area contributed by atoms with Crippen molar-refractivity contribution < 1.29 is 0 Å². The van der Waals surface area contributed by atoms with Crippen LogP contribution in [0, 0.1) is 17.3 Å². The lowest BCUT2D eigenvalue weighted by Crippen LogP contribution is -2.00. The van der Waals surface area contributed by atoms with Crippen molar-refractivity contribution >= 4 is 6.21 Å². The van der Waals surface area contributed by atoms with Crippen LogP contribution in [0.1, 0.15) is 20.8 Å². The normalized spacial score (nSPS) is 11.3. The first-order valence-electron chi connectivity index (χ1n) is 5.95. The highest BCUT2D eigenvalue weighted by molar-refractivity contribution is 5.78. The summed E-state index contributed by atoms with van der Waals surface area (Å²) in [5.74, 6) is 6.54. The summed E-state index contributed by atoms with van der Waals surface area (Å²) in [5, 5.41) is 15.5. The Bertz CT molecular complexity index is 623. The molecule has 0 amide bonds. The molecular weight excluding hydrogens is 238 g/mol. The highest BCUT2D eigenvalue weighted by Gasteiger charge is 2.06. The molecule has 0 N–H and O–H groups in total. The maximum absolute atomic E-state index is 4.13. The average molecular weight is 253 g/mol. The Hall–Kier alpha value is -2.48. The fourth-order valence-corrected chi connectivity index (χ4v) is 1.35. The van der Waals surface area contributed by atoms with E-state index in [1.165, 1.54) is 11.0 Å². The van der Waals surface area contributed by atoms with Crippen LogP contribution in [0.5, 0.6) is 0 Å². The lowest BCUT2D eigenvalue weighted by molar-refractivity contribution is 0.571. The van der Waals surface area contributed by atoms with Crippen molar-refractivity contribution in [3.8, 4) is 23.2 Å². The Kier molecular flexibility index (Phi) is 3.71. The molecule has 0 saturated heterocycles. The van der Waals surface area contributed by atoms with Crippen LogP contribution in [-0.4, -0.2) is 26.5 Å². The summed E-state index contributed by atoms with van der Waals surface area (Å²) >= 11 is 0. The molecule has 0 aliphatic heterocycles. The monoisotopic (exact) mass is 253 g/mol. The first-order valence-corrected chi connectivity index (χ1v) is 5.95. The maximum atomic E-state index is 4.13. The van der Waals surface area contributed by atoms with Crippen LogP contribution in [-0.2, 0) is 0 Å². The van der Waals surface area contributed by atoms with Crippen molar-refractivity contribution in [2.45, 2.75) is 20.8 Å². The zero-order chi connectivity index (χ0) is 13.7. The topological polar surface area (TPSA) is 56.0 Å². The lowest BCUT2D eigenvalue weighted by atomic mass is 9.98. The Labute approximate surface area is 112 Å². The van der Waals surface area contributed by atoms with Crippen LogP contribution in [0.2, 0.25) is 0 Å². The molecule has 0 spiro atoms. The Morgan fingerprint density at radius 1 is 1.21 bits per heavy atom. The third kappa shape index (κ3) is 3.75. The van der Waals surface area contributed by atoms with Crippen molar-refractivity contribution in [1.82, 2.24) is 20.3 Å². The van der Waals surface area contributed by atoms with Crippen molar-refractivity contribution in [3.05, 3.63) is 30.3 Å². The van der Waals surface area contributed by atoms with Gasteiger partial charge in [0.25, 0.3) is 0 Å². The molecule has 5 heteroatoms. The summed E-state index contributed by atoms with van der Waals surface area (Å²) in [7, 11) is 0. The van der Waals surface area contributed by atoms with Gasteiger partial charge in [-0.05, 0) is 31.2 Å². The number of hydrogen-bond acceptors (Lipinski definition) is 4. The molecular formula is C14H15N5. The van der Waals surface area contributed by atoms with Gasteiger partial charge in [0.15, 0.2) is 0 Å². The second-order valence-corrected chi connectivity index (χ2v) is 5.02. The van der Waals surface area contributed by atoms with Gasteiger partial charge in [0.05, 0.1) is 6.21 Å². The van der Waals surface area contributed by atoms with E-state index in [1.54, 1.807) is 0 Å². The Morgan fingerprint density at radius 3 is 2.63 bits per heavy atom. The van der Waals surface area contributed by atoms with Gasteiger partial charge in [-0.1, -0.05) is 42.2 Å². The molecule has 0 atom stereocenters. The molecule has 1 aromatic heterocycles. The molecule has 0 aliphatic carbocycles. The summed E-state index contributed by atoms with van der Waals surface area (Å²) in [6, 6.07) is 9.65. The van der Waals surface area contributed by atoms with E-state index in [0.717, 1.165) is 5.56 Å². The zero-order valence-corrected chi connectivity index (χ0v) is 11.2. The van der Waals surface area contributed by atoms with E-state index >= 15 is 0 Å². The fraction of sp³-hybridized carbons (Fsp3) is 0.286. The van der Waals surface area contributed by atoms with Crippen LogP contribution in [0.25, 0.3) is 11.4 Å². The van der Waals surface area contributed by atoms with E-state index < -0.39 is 0 Å². The molecule has 19 heavy (non-hydrogen) atoms. The Balaban J connectivity index is 2.21. The molecule has 2 aromatic rings. The number of nitrogens with zero attached hydrogens (tertiary/aromatic N) is 5. The molecule has 2 rings (SSSR count). The Morgan fingerprint density at radius 2 is 1.95 bits per heavy atom. The van der Waals surface area contributed by atoms with Crippen molar-refractivity contribution in [2.75, 3.05) is 0 Å². The molecule has 0 bridgehead atoms. The van der Waals surface area contributed by atoms with Crippen molar-refractivity contribution in [2.24, 2.45) is 10.5 Å². The molecule has 5 nitrogen and oxygen atoms in total. The van der Waals surface area contributed by atoms with Gasteiger partial charge in [-0.2, -0.15) is 0 Å². The van der Waals surface area contributed by atoms with Gasteiger partial charge >= 0.3 is 0 Å². The van der Waals surface area contributed by atoms with Gasteiger partial charge in [0.1, 0.15) is 0 Å². The first-order chi connectivity index (χ1) is 9.06. The second kappa shape index (κ2) is 5.44. The molecule has 1 aromatic carbocycles. The first kappa shape index (κ1) is 13.0. The smallest absolute Gasteiger partial charge is 0.146 e. The third-order valence-electron chi connectivity index (χ3n) is 2.16. The second-order valence-electron chi connectivity index (χ2n) is 5.02. The van der Waals surface area contributed by atoms with Gasteiger partial charge in [-0.15, -0.1) is 15.0 Å². The van der Waals surface area contributed by atoms with Gasteiger partial charge in [0, 0.05) is 11.0 Å². The third-order valence-corrected chi connectivity index (χ3v) is 2.16. The quantitative estimate of drug-likeness (QED) is 0.609. The summed E-state index contributed by atoms with van der Waals surface area (Å²) in [6.45, 7) is 6.13. The van der Waals surface area contributed by atoms with E-state index in [0.29, 0.717) is 5.82 Å².